The Bertz CT molecular complexity index is 1340. The minimum absolute atomic E-state index is 0.00736. The molecule has 10 heteroatoms. The maximum atomic E-state index is 13.7. The molecule has 8 nitrogen and oxygen atoms in total. The molecule has 0 saturated carbocycles. The van der Waals surface area contributed by atoms with E-state index in [-0.39, 0.29) is 18.2 Å². The molecule has 2 heterocycles. The van der Waals surface area contributed by atoms with Crippen LogP contribution in [-0.2, 0) is 27.2 Å². The Morgan fingerprint density at radius 3 is 2.66 bits per heavy atom. The summed E-state index contributed by atoms with van der Waals surface area (Å²) in [5, 5.41) is 3.62. The first kappa shape index (κ1) is 31.3. The second kappa shape index (κ2) is 14.0. The van der Waals surface area contributed by atoms with Crippen LogP contribution < -0.4 is 5.32 Å². The Morgan fingerprint density at radius 1 is 1.20 bits per heavy atom. The number of rotatable bonds is 10. The molecular weight excluding hydrogens is 608 g/mol. The maximum absolute atomic E-state index is 13.7. The first-order valence-electron chi connectivity index (χ1n) is 14.2. The molecule has 1 aliphatic rings. The zero-order valence-electron chi connectivity index (χ0n) is 24.3. The number of nitrogens with zero attached hydrogens (tertiary/aromatic N) is 3. The van der Waals surface area contributed by atoms with E-state index in [9.17, 15) is 9.59 Å². The van der Waals surface area contributed by atoms with Gasteiger partial charge in [0.25, 0.3) is 0 Å². The number of imidazole rings is 1. The standard InChI is InChI=1S/C31H40BrClN4O4/c1-31(2,3)41-30(39)34-24(18-21-11-13-23(32)14-12-21)19-27(38)36-15-6-8-22(20-36)29-35-26-10-5-9-25(33)28(26)37(29)16-7-17-40-4/h5,9-14,22,24H,6-8,15-20H2,1-4H3,(H,34,39). The van der Waals surface area contributed by atoms with Gasteiger partial charge in [-0.3, -0.25) is 4.79 Å². The lowest BCUT2D eigenvalue weighted by Gasteiger charge is -2.34. The summed E-state index contributed by atoms with van der Waals surface area (Å²) in [4.78, 5) is 33.3. The number of hydrogen-bond acceptors (Lipinski definition) is 5. The predicted octanol–water partition coefficient (Wildman–Crippen LogP) is 6.72. The smallest absolute Gasteiger partial charge is 0.407 e. The van der Waals surface area contributed by atoms with Crippen LogP contribution in [0.3, 0.4) is 0 Å². The van der Waals surface area contributed by atoms with Gasteiger partial charge >= 0.3 is 6.09 Å². The number of piperidine rings is 1. The van der Waals surface area contributed by atoms with Gasteiger partial charge in [-0.25, -0.2) is 9.78 Å². The quantitative estimate of drug-likeness (QED) is 0.247. The van der Waals surface area contributed by atoms with Gasteiger partial charge in [0.1, 0.15) is 11.4 Å². The number of aromatic nitrogens is 2. The molecule has 2 unspecified atom stereocenters. The Morgan fingerprint density at radius 2 is 1.95 bits per heavy atom. The van der Waals surface area contributed by atoms with E-state index in [1.54, 1.807) is 7.11 Å². The molecule has 2 atom stereocenters. The third-order valence-electron chi connectivity index (χ3n) is 7.15. The molecule has 3 aromatic rings. The zero-order chi connectivity index (χ0) is 29.6. The van der Waals surface area contributed by atoms with E-state index >= 15 is 0 Å². The van der Waals surface area contributed by atoms with Crippen LogP contribution >= 0.6 is 27.5 Å². The highest BCUT2D eigenvalue weighted by atomic mass is 79.9. The van der Waals surface area contributed by atoms with Crippen molar-refractivity contribution in [2.24, 2.45) is 0 Å². The lowest BCUT2D eigenvalue weighted by atomic mass is 9.95. The number of aryl methyl sites for hydroxylation is 1. The van der Waals surface area contributed by atoms with Gasteiger partial charge in [-0.2, -0.15) is 0 Å². The Hall–Kier alpha value is -2.62. The number of methoxy groups -OCH3 is 1. The van der Waals surface area contributed by atoms with E-state index in [1.165, 1.54) is 0 Å². The van der Waals surface area contributed by atoms with Gasteiger partial charge in [0.05, 0.1) is 16.1 Å². The van der Waals surface area contributed by atoms with Crippen LogP contribution in [0.5, 0.6) is 0 Å². The van der Waals surface area contributed by atoms with Crippen molar-refractivity contribution < 1.29 is 19.1 Å². The number of fused-ring (bicyclic) bond motifs is 1. The van der Waals surface area contributed by atoms with Crippen molar-refractivity contribution in [2.45, 2.75) is 77.0 Å². The number of nitrogens with one attached hydrogen (secondary N) is 1. The molecule has 1 saturated heterocycles. The summed E-state index contributed by atoms with van der Waals surface area (Å²) in [7, 11) is 1.70. The van der Waals surface area contributed by atoms with Crippen LogP contribution in [0.1, 0.15) is 63.8 Å². The minimum atomic E-state index is -0.631. The van der Waals surface area contributed by atoms with Crippen LogP contribution in [0, 0.1) is 0 Å². The molecule has 0 bridgehead atoms. The predicted molar refractivity (Wildman–Crippen MR) is 165 cm³/mol. The number of carbonyl (C=O) groups is 2. The van der Waals surface area contributed by atoms with Crippen molar-refractivity contribution in [3.8, 4) is 0 Å². The lowest BCUT2D eigenvalue weighted by Crippen LogP contribution is -2.46. The van der Waals surface area contributed by atoms with Crippen LogP contribution in [0.4, 0.5) is 4.79 Å². The van der Waals surface area contributed by atoms with Crippen molar-refractivity contribution >= 4 is 50.6 Å². The molecule has 4 rings (SSSR count). The molecule has 1 aromatic heterocycles. The number of para-hydroxylation sites is 1. The summed E-state index contributed by atoms with van der Waals surface area (Å²) in [5.74, 6) is 1.05. The third-order valence-corrected chi connectivity index (χ3v) is 7.99. The number of likely N-dealkylation sites (tertiary alicyclic amines) is 1. The van der Waals surface area contributed by atoms with Crippen LogP contribution in [0.15, 0.2) is 46.9 Å². The summed E-state index contributed by atoms with van der Waals surface area (Å²) in [5.41, 5.74) is 2.19. The SMILES string of the molecule is COCCCn1c(C2CCCN(C(=O)CC(Cc3ccc(Br)cc3)NC(=O)OC(C)(C)C)C2)nc2cccc(Cl)c21. The number of carbonyl (C=O) groups excluding carboxylic acids is 2. The van der Waals surface area contributed by atoms with Crippen LogP contribution in [-0.4, -0.2) is 64.9 Å². The fourth-order valence-corrected chi connectivity index (χ4v) is 5.91. The summed E-state index contributed by atoms with van der Waals surface area (Å²) in [6.07, 6.45) is 2.83. The average Bonchev–Trinajstić information content (AvgIpc) is 3.29. The number of amides is 2. The summed E-state index contributed by atoms with van der Waals surface area (Å²) < 4.78 is 14.0. The fourth-order valence-electron chi connectivity index (χ4n) is 5.37. The molecule has 0 aliphatic carbocycles. The van der Waals surface area contributed by atoms with Gasteiger partial charge in [0.2, 0.25) is 5.91 Å². The lowest BCUT2D eigenvalue weighted by molar-refractivity contribution is -0.132. The number of ether oxygens (including phenoxy) is 2. The molecule has 41 heavy (non-hydrogen) atoms. The van der Waals surface area contributed by atoms with Crippen molar-refractivity contribution in [1.82, 2.24) is 19.8 Å². The molecule has 1 N–H and O–H groups in total. The summed E-state index contributed by atoms with van der Waals surface area (Å²) in [6.45, 7) is 8.10. The Kier molecular flexibility index (Phi) is 10.7. The first-order chi connectivity index (χ1) is 19.5. The van der Waals surface area contributed by atoms with E-state index < -0.39 is 17.7 Å². The molecule has 0 radical (unpaired) electrons. The van der Waals surface area contributed by atoms with E-state index in [1.807, 2.05) is 68.1 Å². The van der Waals surface area contributed by atoms with Crippen molar-refractivity contribution in [1.29, 1.82) is 0 Å². The number of hydrogen-bond donors (Lipinski definition) is 1. The zero-order valence-corrected chi connectivity index (χ0v) is 26.6. The van der Waals surface area contributed by atoms with Gasteiger partial charge < -0.3 is 24.3 Å². The Balaban J connectivity index is 1.51. The first-order valence-corrected chi connectivity index (χ1v) is 15.4. The van der Waals surface area contributed by atoms with Crippen molar-refractivity contribution in [3.05, 3.63) is 63.3 Å². The second-order valence-electron chi connectivity index (χ2n) is 11.6. The topological polar surface area (TPSA) is 85.7 Å². The average molecular weight is 648 g/mol. The third kappa shape index (κ3) is 8.69. The molecule has 2 amide bonds. The number of alkyl carbamates (subject to hydrolysis) is 1. The Labute approximate surface area is 255 Å². The van der Waals surface area contributed by atoms with E-state index in [4.69, 9.17) is 26.1 Å². The number of halogens is 2. The summed E-state index contributed by atoms with van der Waals surface area (Å²) in [6, 6.07) is 13.3. The normalized spacial score (nSPS) is 16.5. The van der Waals surface area contributed by atoms with Crippen molar-refractivity contribution in [3.63, 3.8) is 0 Å². The highest BCUT2D eigenvalue weighted by molar-refractivity contribution is 9.10. The summed E-state index contributed by atoms with van der Waals surface area (Å²) >= 11 is 10.1. The van der Waals surface area contributed by atoms with Crippen LogP contribution in [0.25, 0.3) is 11.0 Å². The van der Waals surface area contributed by atoms with Gasteiger partial charge in [0.15, 0.2) is 0 Å². The van der Waals surface area contributed by atoms with Gasteiger partial charge in [0, 0.05) is 56.2 Å². The molecule has 2 aromatic carbocycles. The monoisotopic (exact) mass is 646 g/mol. The largest absolute Gasteiger partial charge is 0.444 e. The minimum Gasteiger partial charge on any atom is -0.444 e. The van der Waals surface area contributed by atoms with Gasteiger partial charge in [-0.15, -0.1) is 0 Å². The molecular formula is C31H40BrClN4O4. The molecule has 0 spiro atoms. The van der Waals surface area contributed by atoms with Crippen molar-refractivity contribution in [2.75, 3.05) is 26.8 Å². The number of benzene rings is 2. The van der Waals surface area contributed by atoms with E-state index in [2.05, 4.69) is 25.8 Å². The van der Waals surface area contributed by atoms with E-state index in [0.717, 1.165) is 52.7 Å². The molecule has 1 aliphatic heterocycles. The second-order valence-corrected chi connectivity index (χ2v) is 13.0. The molecule has 1 fully saturated rings. The molecule has 222 valence electrons. The van der Waals surface area contributed by atoms with Crippen LogP contribution in [0.2, 0.25) is 5.02 Å². The maximum Gasteiger partial charge on any atom is 0.407 e. The highest BCUT2D eigenvalue weighted by Gasteiger charge is 2.31. The fraction of sp³-hybridized carbons (Fsp3) is 0.516. The van der Waals surface area contributed by atoms with Gasteiger partial charge in [-0.05, 0) is 76.3 Å². The van der Waals surface area contributed by atoms with Gasteiger partial charge in [-0.1, -0.05) is 45.7 Å². The van der Waals surface area contributed by atoms with E-state index in [0.29, 0.717) is 31.1 Å². The highest BCUT2D eigenvalue weighted by Crippen LogP contribution is 2.33.